The summed E-state index contributed by atoms with van der Waals surface area (Å²) < 4.78 is 39.7. The Hall–Kier alpha value is -3.14. The quantitative estimate of drug-likeness (QED) is 0.501. The van der Waals surface area contributed by atoms with E-state index in [1.807, 2.05) is 35.6 Å². The largest absolute Gasteiger partial charge is 0.490 e. The van der Waals surface area contributed by atoms with Gasteiger partial charge in [0.05, 0.1) is 10.9 Å². The number of anilines is 1. The molecule has 0 radical (unpaired) electrons. The van der Waals surface area contributed by atoms with Gasteiger partial charge in [0.2, 0.25) is 0 Å². The maximum atomic E-state index is 10.6. The number of rotatable bonds is 3. The zero-order valence-electron chi connectivity index (χ0n) is 18.3. The lowest BCUT2D eigenvalue weighted by atomic mass is 10.0. The minimum Gasteiger partial charge on any atom is -0.475 e. The van der Waals surface area contributed by atoms with Crippen LogP contribution in [0.5, 0.6) is 11.5 Å². The number of aliphatic carboxylic acids is 1. The molecule has 1 aliphatic heterocycles. The van der Waals surface area contributed by atoms with E-state index in [-0.39, 0.29) is 0 Å². The third kappa shape index (κ3) is 6.22. The number of carbonyl (C=O) groups is 1. The number of aryl methyl sites for hydroxylation is 3. The monoisotopic (exact) mass is 479 g/mol. The lowest BCUT2D eigenvalue weighted by Gasteiger charge is -2.16. The minimum absolute atomic E-state index is 0.294. The van der Waals surface area contributed by atoms with Gasteiger partial charge in [-0.3, -0.25) is 4.68 Å². The Kier molecular flexibility index (Phi) is 7.57. The molecule has 6 nitrogen and oxygen atoms in total. The minimum atomic E-state index is -5.08. The number of alkyl halides is 3. The van der Waals surface area contributed by atoms with E-state index in [2.05, 4.69) is 60.7 Å². The first-order valence-corrected chi connectivity index (χ1v) is 11.1. The number of fused-ring (bicyclic) bond motifs is 1. The van der Waals surface area contributed by atoms with E-state index in [1.54, 1.807) is 0 Å². The van der Waals surface area contributed by atoms with E-state index in [4.69, 9.17) is 14.6 Å². The summed E-state index contributed by atoms with van der Waals surface area (Å²) in [5.74, 6) is 1.17. The Morgan fingerprint density at radius 1 is 1.12 bits per heavy atom. The fourth-order valence-corrected chi connectivity index (χ4v) is 4.60. The van der Waals surface area contributed by atoms with Crippen LogP contribution in [-0.4, -0.2) is 39.3 Å². The molecule has 0 bridgehead atoms. The summed E-state index contributed by atoms with van der Waals surface area (Å²) in [5.41, 5.74) is 4.90. The molecule has 1 atom stereocenters. The molecule has 0 fully saturated rings. The number of carboxylic acid groups (broad SMARTS) is 1. The summed E-state index contributed by atoms with van der Waals surface area (Å²) in [6.07, 6.45) is -5.08. The van der Waals surface area contributed by atoms with Crippen LogP contribution in [0.4, 0.5) is 19.0 Å². The van der Waals surface area contributed by atoms with Crippen molar-refractivity contribution in [3.05, 3.63) is 70.9 Å². The Morgan fingerprint density at radius 2 is 1.67 bits per heavy atom. The second kappa shape index (κ2) is 10.2. The van der Waals surface area contributed by atoms with Gasteiger partial charge in [-0.25, -0.2) is 4.79 Å². The second-order valence-corrected chi connectivity index (χ2v) is 8.65. The summed E-state index contributed by atoms with van der Waals surface area (Å²) >= 11 is 1.96. The van der Waals surface area contributed by atoms with Crippen molar-refractivity contribution < 1.29 is 27.8 Å². The van der Waals surface area contributed by atoms with Crippen molar-refractivity contribution in [2.75, 3.05) is 17.6 Å². The van der Waals surface area contributed by atoms with Crippen LogP contribution in [0.1, 0.15) is 27.6 Å². The predicted molar refractivity (Wildman–Crippen MR) is 122 cm³/mol. The van der Waals surface area contributed by atoms with E-state index in [9.17, 15) is 13.2 Å². The highest BCUT2D eigenvalue weighted by Gasteiger charge is 2.38. The highest BCUT2D eigenvalue weighted by atomic mass is 32.2. The van der Waals surface area contributed by atoms with E-state index in [1.165, 1.54) is 16.7 Å². The predicted octanol–water partition coefficient (Wildman–Crippen LogP) is 5.71. The van der Waals surface area contributed by atoms with Crippen molar-refractivity contribution in [3.63, 3.8) is 0 Å². The first-order chi connectivity index (χ1) is 15.6. The van der Waals surface area contributed by atoms with E-state index in [0.717, 1.165) is 35.3 Å². The molecule has 0 spiro atoms. The fourth-order valence-electron chi connectivity index (χ4n) is 3.34. The van der Waals surface area contributed by atoms with Gasteiger partial charge >= 0.3 is 12.1 Å². The Bertz CT molecular complexity index is 1100. The maximum absolute atomic E-state index is 10.6. The molecule has 10 heteroatoms. The average molecular weight is 480 g/mol. The summed E-state index contributed by atoms with van der Waals surface area (Å²) in [4.78, 5) is 8.90. The smallest absolute Gasteiger partial charge is 0.475 e. The van der Waals surface area contributed by atoms with Gasteiger partial charge in [0, 0.05) is 24.9 Å². The van der Waals surface area contributed by atoms with Crippen molar-refractivity contribution in [1.29, 1.82) is 0 Å². The molecule has 33 heavy (non-hydrogen) atoms. The lowest BCUT2D eigenvalue weighted by Crippen LogP contribution is -2.21. The van der Waals surface area contributed by atoms with Gasteiger partial charge in [0.25, 0.3) is 0 Å². The van der Waals surface area contributed by atoms with Gasteiger partial charge in [-0.15, -0.1) is 11.8 Å². The van der Waals surface area contributed by atoms with Crippen LogP contribution in [0.2, 0.25) is 0 Å². The standard InChI is InChI=1S/C21H23N3OS.C2HF3O2/c1-14-4-8-17(9-5-14)25-18-10-6-16(7-11-18)20-19-15(2)23-24(3)21(19)22-12-13-26-20;3-2(4,5)1(6)7/h4-11,20,22H,12-13H2,1-3H3;(H,6,7). The average Bonchev–Trinajstić information content (AvgIpc) is 2.92. The summed E-state index contributed by atoms with van der Waals surface area (Å²) in [7, 11) is 2.00. The SMILES string of the molecule is Cc1ccc(Oc2ccc(C3SCCNc4c3c(C)nn4C)cc2)cc1.O=C(O)C(F)(F)F. The van der Waals surface area contributed by atoms with E-state index < -0.39 is 12.1 Å². The Labute approximate surface area is 193 Å². The molecular formula is C23H24F3N3O3S. The Balaban J connectivity index is 0.000000383. The molecule has 2 heterocycles. The molecule has 2 aromatic carbocycles. The summed E-state index contributed by atoms with van der Waals surface area (Å²) in [6, 6.07) is 16.6. The molecule has 0 amide bonds. The number of nitrogens with one attached hydrogen (secondary N) is 1. The maximum Gasteiger partial charge on any atom is 0.490 e. The third-order valence-corrected chi connectivity index (χ3v) is 6.17. The number of hydrogen-bond acceptors (Lipinski definition) is 5. The number of halogens is 3. The molecule has 1 aromatic heterocycles. The zero-order chi connectivity index (χ0) is 24.2. The van der Waals surface area contributed by atoms with Gasteiger partial charge in [-0.2, -0.15) is 18.3 Å². The third-order valence-electron chi connectivity index (χ3n) is 4.89. The summed E-state index contributed by atoms with van der Waals surface area (Å²) in [5, 5.41) is 15.5. The number of nitrogens with zero attached hydrogens (tertiary/aromatic N) is 2. The van der Waals surface area contributed by atoms with Crippen LogP contribution in [0, 0.1) is 13.8 Å². The van der Waals surface area contributed by atoms with Crippen LogP contribution in [0.3, 0.4) is 0 Å². The second-order valence-electron chi connectivity index (χ2n) is 7.44. The first kappa shape index (κ1) is 24.5. The van der Waals surface area contributed by atoms with Crippen molar-refractivity contribution in [1.82, 2.24) is 9.78 Å². The number of thioether (sulfide) groups is 1. The summed E-state index contributed by atoms with van der Waals surface area (Å²) in [6.45, 7) is 5.13. The fraction of sp³-hybridized carbons (Fsp3) is 0.304. The van der Waals surface area contributed by atoms with Crippen molar-refractivity contribution >= 4 is 23.5 Å². The number of benzene rings is 2. The van der Waals surface area contributed by atoms with Gasteiger partial charge in [-0.05, 0) is 43.7 Å². The van der Waals surface area contributed by atoms with Gasteiger partial charge in [-0.1, -0.05) is 29.8 Å². The van der Waals surface area contributed by atoms with Crippen molar-refractivity contribution in [2.45, 2.75) is 25.3 Å². The molecule has 4 rings (SSSR count). The number of aromatic nitrogens is 2. The molecule has 2 N–H and O–H groups in total. The van der Waals surface area contributed by atoms with Crippen LogP contribution >= 0.6 is 11.8 Å². The van der Waals surface area contributed by atoms with Gasteiger partial charge in [0.15, 0.2) is 0 Å². The zero-order valence-corrected chi connectivity index (χ0v) is 19.1. The molecule has 3 aromatic rings. The molecule has 1 unspecified atom stereocenters. The van der Waals surface area contributed by atoms with Gasteiger partial charge in [0.1, 0.15) is 17.3 Å². The number of carboxylic acids is 1. The molecular weight excluding hydrogens is 455 g/mol. The van der Waals surface area contributed by atoms with E-state index in [0.29, 0.717) is 5.25 Å². The highest BCUT2D eigenvalue weighted by molar-refractivity contribution is 7.99. The number of ether oxygens (including phenoxy) is 1. The molecule has 0 saturated heterocycles. The van der Waals surface area contributed by atoms with Crippen LogP contribution in [0.25, 0.3) is 0 Å². The number of hydrogen-bond donors (Lipinski definition) is 2. The Morgan fingerprint density at radius 3 is 2.21 bits per heavy atom. The molecule has 176 valence electrons. The molecule has 1 aliphatic rings. The highest BCUT2D eigenvalue weighted by Crippen LogP contribution is 2.43. The van der Waals surface area contributed by atoms with Crippen molar-refractivity contribution in [3.8, 4) is 11.5 Å². The van der Waals surface area contributed by atoms with Crippen LogP contribution in [-0.2, 0) is 11.8 Å². The van der Waals surface area contributed by atoms with E-state index >= 15 is 0 Å². The molecule has 0 aliphatic carbocycles. The lowest BCUT2D eigenvalue weighted by molar-refractivity contribution is -0.192. The van der Waals surface area contributed by atoms with Crippen LogP contribution < -0.4 is 10.1 Å². The van der Waals surface area contributed by atoms with Gasteiger partial charge < -0.3 is 15.2 Å². The normalized spacial score (nSPS) is 15.4. The van der Waals surface area contributed by atoms with Crippen LogP contribution in [0.15, 0.2) is 48.5 Å². The van der Waals surface area contributed by atoms with Crippen molar-refractivity contribution in [2.24, 2.45) is 7.05 Å². The molecule has 0 saturated carbocycles. The first-order valence-electron chi connectivity index (χ1n) is 10.1. The topological polar surface area (TPSA) is 76.4 Å².